The first-order valence-corrected chi connectivity index (χ1v) is 8.92. The maximum Gasteiger partial charge on any atom is 0.243 e. The van der Waals surface area contributed by atoms with Crippen LogP contribution in [-0.4, -0.2) is 14.3 Å². The summed E-state index contributed by atoms with van der Waals surface area (Å²) in [7, 11) is -3.92. The molecule has 1 amide bonds. The van der Waals surface area contributed by atoms with Gasteiger partial charge in [0.05, 0.1) is 0 Å². The molecule has 0 radical (unpaired) electrons. The third kappa shape index (κ3) is 4.62. The summed E-state index contributed by atoms with van der Waals surface area (Å²) in [6.45, 7) is 3.61. The summed E-state index contributed by atoms with van der Waals surface area (Å²) in [4.78, 5) is 11.2. The summed E-state index contributed by atoms with van der Waals surface area (Å²) < 4.78 is 40.2. The van der Waals surface area contributed by atoms with Gasteiger partial charge in [-0.3, -0.25) is 4.79 Å². The van der Waals surface area contributed by atoms with Crippen molar-refractivity contribution < 1.29 is 17.6 Å². The molecule has 0 aliphatic carbocycles. The van der Waals surface area contributed by atoms with Crippen molar-refractivity contribution in [3.63, 3.8) is 0 Å². The van der Waals surface area contributed by atoms with Crippen LogP contribution >= 0.6 is 0 Å². The van der Waals surface area contributed by atoms with E-state index in [-0.39, 0.29) is 23.3 Å². The highest BCUT2D eigenvalue weighted by Gasteiger charge is 2.17. The third-order valence-electron chi connectivity index (χ3n) is 3.34. The Bertz CT molecular complexity index is 818. The van der Waals surface area contributed by atoms with Gasteiger partial charge in [-0.05, 0) is 29.8 Å². The quantitative estimate of drug-likeness (QED) is 0.841. The van der Waals surface area contributed by atoms with Crippen molar-refractivity contribution in [2.24, 2.45) is 5.92 Å². The molecule has 0 fully saturated rings. The zero-order chi connectivity index (χ0) is 17.7. The molecule has 2 aromatic rings. The van der Waals surface area contributed by atoms with Crippen LogP contribution in [0.4, 0.5) is 10.1 Å². The number of benzene rings is 2. The molecule has 0 spiro atoms. The monoisotopic (exact) mass is 350 g/mol. The summed E-state index contributed by atoms with van der Waals surface area (Å²) in [6.07, 6.45) is 0. The average Bonchev–Trinajstić information content (AvgIpc) is 2.54. The van der Waals surface area contributed by atoms with Gasteiger partial charge in [0.15, 0.2) is 0 Å². The summed E-state index contributed by atoms with van der Waals surface area (Å²) in [5, 5.41) is 2.75. The van der Waals surface area contributed by atoms with Crippen molar-refractivity contribution in [3.8, 4) is 0 Å². The fourth-order valence-electron chi connectivity index (χ4n) is 1.91. The molecule has 0 unspecified atom stereocenters. The Morgan fingerprint density at radius 1 is 1.08 bits per heavy atom. The number of halogens is 1. The minimum absolute atomic E-state index is 0.0229. The Kier molecular flexibility index (Phi) is 5.69. The van der Waals surface area contributed by atoms with Crippen molar-refractivity contribution in [1.29, 1.82) is 0 Å². The van der Waals surface area contributed by atoms with Crippen LogP contribution in [0.1, 0.15) is 19.4 Å². The summed E-state index contributed by atoms with van der Waals surface area (Å²) in [5.41, 5.74) is 1.33. The van der Waals surface area contributed by atoms with E-state index in [0.717, 1.165) is 6.07 Å². The first kappa shape index (κ1) is 18.1. The van der Waals surface area contributed by atoms with Crippen LogP contribution in [0, 0.1) is 11.7 Å². The second kappa shape index (κ2) is 7.55. The second-order valence-electron chi connectivity index (χ2n) is 5.60. The highest BCUT2D eigenvalue weighted by atomic mass is 32.2. The molecule has 0 aromatic heterocycles. The highest BCUT2D eigenvalue weighted by molar-refractivity contribution is 7.89. The molecular weight excluding hydrogens is 331 g/mol. The zero-order valence-corrected chi connectivity index (χ0v) is 14.2. The summed E-state index contributed by atoms with van der Waals surface area (Å²) in [5.74, 6) is -1.02. The third-order valence-corrected chi connectivity index (χ3v) is 4.77. The Morgan fingerprint density at radius 3 is 2.29 bits per heavy atom. The zero-order valence-electron chi connectivity index (χ0n) is 13.4. The van der Waals surface area contributed by atoms with Crippen LogP contribution in [0.5, 0.6) is 0 Å². The lowest BCUT2D eigenvalue weighted by Gasteiger charge is -2.10. The summed E-state index contributed by atoms with van der Waals surface area (Å²) in [6, 6.07) is 12.0. The standard InChI is InChI=1S/C17H19FN2O3S/c1-12(2)17(21)20-14-9-7-13(8-10-14)11-19-24(22,23)16-6-4-3-5-15(16)18/h3-10,12,19H,11H2,1-2H3,(H,20,21). The molecule has 5 nitrogen and oxygen atoms in total. The molecule has 0 saturated heterocycles. The van der Waals surface area contributed by atoms with Crippen LogP contribution in [0.25, 0.3) is 0 Å². The van der Waals surface area contributed by atoms with Gasteiger partial charge in [-0.25, -0.2) is 17.5 Å². The van der Waals surface area contributed by atoms with E-state index in [9.17, 15) is 17.6 Å². The smallest absolute Gasteiger partial charge is 0.243 e. The molecule has 7 heteroatoms. The van der Waals surface area contributed by atoms with Crippen LogP contribution in [0.15, 0.2) is 53.4 Å². The number of hydrogen-bond acceptors (Lipinski definition) is 3. The van der Waals surface area contributed by atoms with Crippen molar-refractivity contribution >= 4 is 21.6 Å². The van der Waals surface area contributed by atoms with Crippen molar-refractivity contribution in [1.82, 2.24) is 4.72 Å². The molecule has 0 bridgehead atoms. The molecule has 2 N–H and O–H groups in total. The van der Waals surface area contributed by atoms with Gasteiger partial charge in [0.2, 0.25) is 15.9 Å². The Balaban J connectivity index is 2.02. The van der Waals surface area contributed by atoms with E-state index in [4.69, 9.17) is 0 Å². The predicted molar refractivity (Wildman–Crippen MR) is 90.3 cm³/mol. The maximum atomic E-state index is 13.6. The van der Waals surface area contributed by atoms with Gasteiger partial charge in [0, 0.05) is 18.2 Å². The number of carbonyl (C=O) groups excluding carboxylic acids is 1. The lowest BCUT2D eigenvalue weighted by molar-refractivity contribution is -0.118. The van der Waals surface area contributed by atoms with Crippen LogP contribution in [0.3, 0.4) is 0 Å². The Labute approximate surface area is 141 Å². The molecular formula is C17H19FN2O3S. The largest absolute Gasteiger partial charge is 0.326 e. The molecule has 0 saturated carbocycles. The number of carbonyl (C=O) groups is 1. The van der Waals surface area contributed by atoms with Crippen molar-refractivity contribution in [2.75, 3.05) is 5.32 Å². The SMILES string of the molecule is CC(C)C(=O)Nc1ccc(CNS(=O)(=O)c2ccccc2F)cc1. The van der Waals surface area contributed by atoms with Gasteiger partial charge in [-0.15, -0.1) is 0 Å². The molecule has 2 rings (SSSR count). The molecule has 0 aliphatic rings. The number of rotatable bonds is 6. The van der Waals surface area contributed by atoms with E-state index >= 15 is 0 Å². The van der Waals surface area contributed by atoms with E-state index in [1.165, 1.54) is 18.2 Å². The second-order valence-corrected chi connectivity index (χ2v) is 7.33. The van der Waals surface area contributed by atoms with Crippen molar-refractivity contribution in [3.05, 3.63) is 59.9 Å². The number of sulfonamides is 1. The summed E-state index contributed by atoms with van der Waals surface area (Å²) >= 11 is 0. The predicted octanol–water partition coefficient (Wildman–Crippen LogP) is 2.90. The Hall–Kier alpha value is -2.25. The van der Waals surface area contributed by atoms with Gasteiger partial charge in [-0.1, -0.05) is 38.1 Å². The van der Waals surface area contributed by atoms with Gasteiger partial charge in [-0.2, -0.15) is 0 Å². The first-order valence-electron chi connectivity index (χ1n) is 7.43. The first-order chi connectivity index (χ1) is 11.3. The minimum atomic E-state index is -3.92. The minimum Gasteiger partial charge on any atom is -0.326 e. The van der Waals surface area contributed by atoms with E-state index in [2.05, 4.69) is 10.0 Å². The number of nitrogens with one attached hydrogen (secondary N) is 2. The van der Waals surface area contributed by atoms with Crippen LogP contribution in [-0.2, 0) is 21.4 Å². The van der Waals surface area contributed by atoms with Crippen LogP contribution < -0.4 is 10.0 Å². The van der Waals surface area contributed by atoms with Crippen LogP contribution in [0.2, 0.25) is 0 Å². The average molecular weight is 350 g/mol. The van der Waals surface area contributed by atoms with Gasteiger partial charge in [0.25, 0.3) is 0 Å². The molecule has 2 aromatic carbocycles. The van der Waals surface area contributed by atoms with Crippen molar-refractivity contribution in [2.45, 2.75) is 25.3 Å². The highest BCUT2D eigenvalue weighted by Crippen LogP contribution is 2.15. The van der Waals surface area contributed by atoms with Gasteiger partial charge in [0.1, 0.15) is 10.7 Å². The van der Waals surface area contributed by atoms with E-state index < -0.39 is 15.8 Å². The number of anilines is 1. The van der Waals surface area contributed by atoms with E-state index in [0.29, 0.717) is 11.3 Å². The molecule has 0 heterocycles. The molecule has 24 heavy (non-hydrogen) atoms. The number of amides is 1. The fraction of sp³-hybridized carbons (Fsp3) is 0.235. The van der Waals surface area contributed by atoms with E-state index in [1.54, 1.807) is 38.1 Å². The lowest BCUT2D eigenvalue weighted by Crippen LogP contribution is -2.24. The van der Waals surface area contributed by atoms with E-state index in [1.807, 2.05) is 0 Å². The normalized spacial score (nSPS) is 11.5. The van der Waals surface area contributed by atoms with Gasteiger partial charge < -0.3 is 5.32 Å². The fourth-order valence-corrected chi connectivity index (χ4v) is 3.01. The Morgan fingerprint density at radius 2 is 1.71 bits per heavy atom. The maximum absolute atomic E-state index is 13.6. The molecule has 0 aliphatic heterocycles. The topological polar surface area (TPSA) is 75.3 Å². The molecule has 128 valence electrons. The van der Waals surface area contributed by atoms with Gasteiger partial charge >= 0.3 is 0 Å². The molecule has 0 atom stereocenters. The number of hydrogen-bond donors (Lipinski definition) is 2. The lowest BCUT2D eigenvalue weighted by atomic mass is 10.2.